The summed E-state index contributed by atoms with van der Waals surface area (Å²) < 4.78 is 6.85. The molecule has 0 fully saturated rings. The topological polar surface area (TPSA) is 69.0 Å². The first-order valence-corrected chi connectivity index (χ1v) is 8.75. The van der Waals surface area contributed by atoms with Crippen LogP contribution in [-0.2, 0) is 0 Å². The van der Waals surface area contributed by atoms with Crippen molar-refractivity contribution >= 4 is 11.6 Å². The molecule has 2 heterocycles. The number of aromatic nitrogens is 3. The van der Waals surface area contributed by atoms with Crippen LogP contribution in [0, 0.1) is 0 Å². The molecule has 2 aromatic carbocycles. The van der Waals surface area contributed by atoms with Crippen LogP contribution in [0.25, 0.3) is 16.9 Å². The highest BCUT2D eigenvalue weighted by atomic mass is 16.5. The molecule has 4 rings (SSSR count). The minimum absolute atomic E-state index is 0.244. The maximum Gasteiger partial charge on any atom is 0.259 e. The average molecular weight is 370 g/mol. The number of carbonyl (C=O) groups is 1. The summed E-state index contributed by atoms with van der Waals surface area (Å²) in [7, 11) is 1.60. The largest absolute Gasteiger partial charge is 0.497 e. The summed E-state index contributed by atoms with van der Waals surface area (Å²) in [6, 6.07) is 20.6. The third-order valence-electron chi connectivity index (χ3n) is 4.26. The molecule has 0 aliphatic rings. The van der Waals surface area contributed by atoms with Gasteiger partial charge in [0.2, 0.25) is 0 Å². The van der Waals surface area contributed by atoms with Gasteiger partial charge in [-0.15, -0.1) is 0 Å². The molecule has 28 heavy (non-hydrogen) atoms. The number of methoxy groups -OCH3 is 1. The zero-order valence-corrected chi connectivity index (χ0v) is 15.2. The van der Waals surface area contributed by atoms with Gasteiger partial charge in [-0.1, -0.05) is 18.2 Å². The van der Waals surface area contributed by atoms with Crippen LogP contribution in [0.1, 0.15) is 10.4 Å². The van der Waals surface area contributed by atoms with Crippen molar-refractivity contribution in [1.82, 2.24) is 14.8 Å². The molecule has 4 aromatic rings. The van der Waals surface area contributed by atoms with Crippen molar-refractivity contribution in [3.8, 4) is 22.7 Å². The Labute approximate surface area is 162 Å². The average Bonchev–Trinajstić information content (AvgIpc) is 3.21. The SMILES string of the molecule is COc1ccc(NC(=O)c2cn(-c3ccccc3)nc2-c2cccnc2)cc1. The third kappa shape index (κ3) is 3.61. The Bertz CT molecular complexity index is 1070. The quantitative estimate of drug-likeness (QED) is 0.572. The molecule has 0 bridgehead atoms. The summed E-state index contributed by atoms with van der Waals surface area (Å²) >= 11 is 0. The molecule has 0 spiro atoms. The molecule has 0 saturated heterocycles. The molecule has 138 valence electrons. The van der Waals surface area contributed by atoms with Crippen LogP contribution in [0.3, 0.4) is 0 Å². The van der Waals surface area contributed by atoms with Gasteiger partial charge in [-0.05, 0) is 48.5 Å². The van der Waals surface area contributed by atoms with Crippen molar-refractivity contribution in [2.75, 3.05) is 12.4 Å². The number of hydrogen-bond acceptors (Lipinski definition) is 4. The van der Waals surface area contributed by atoms with E-state index < -0.39 is 0 Å². The number of carbonyl (C=O) groups excluding carboxylic acids is 1. The Kier molecular flexibility index (Phi) is 4.84. The van der Waals surface area contributed by atoms with E-state index in [1.54, 1.807) is 54.6 Å². The standard InChI is InChI=1S/C22H18N4O2/c1-28-19-11-9-17(10-12-19)24-22(27)20-15-26(18-7-3-2-4-8-18)25-21(20)16-6-5-13-23-14-16/h2-15H,1H3,(H,24,27). The monoisotopic (exact) mass is 370 g/mol. The van der Waals surface area contributed by atoms with E-state index in [-0.39, 0.29) is 5.91 Å². The smallest absolute Gasteiger partial charge is 0.259 e. The Balaban J connectivity index is 1.71. The van der Waals surface area contributed by atoms with Crippen LogP contribution in [0.2, 0.25) is 0 Å². The molecule has 0 aliphatic carbocycles. The van der Waals surface area contributed by atoms with Gasteiger partial charge in [0.15, 0.2) is 0 Å². The van der Waals surface area contributed by atoms with Crippen LogP contribution in [0.4, 0.5) is 5.69 Å². The van der Waals surface area contributed by atoms with Gasteiger partial charge in [0.25, 0.3) is 5.91 Å². The maximum atomic E-state index is 13.0. The molecular weight excluding hydrogens is 352 g/mol. The predicted molar refractivity (Wildman–Crippen MR) is 108 cm³/mol. The van der Waals surface area contributed by atoms with Crippen molar-refractivity contribution in [2.24, 2.45) is 0 Å². The van der Waals surface area contributed by atoms with E-state index in [1.807, 2.05) is 42.5 Å². The minimum atomic E-state index is -0.244. The Morgan fingerprint density at radius 3 is 2.46 bits per heavy atom. The highest BCUT2D eigenvalue weighted by Crippen LogP contribution is 2.24. The lowest BCUT2D eigenvalue weighted by atomic mass is 10.1. The summed E-state index contributed by atoms with van der Waals surface area (Å²) in [5.74, 6) is 0.483. The summed E-state index contributed by atoms with van der Waals surface area (Å²) in [5, 5.41) is 7.55. The van der Waals surface area contributed by atoms with Crippen molar-refractivity contribution in [2.45, 2.75) is 0 Å². The van der Waals surface area contributed by atoms with Gasteiger partial charge in [0.1, 0.15) is 11.4 Å². The number of ether oxygens (including phenoxy) is 1. The van der Waals surface area contributed by atoms with E-state index in [4.69, 9.17) is 4.74 Å². The fourth-order valence-electron chi connectivity index (χ4n) is 2.84. The molecular formula is C22H18N4O2. The second-order valence-corrected chi connectivity index (χ2v) is 6.10. The molecule has 1 amide bonds. The predicted octanol–water partition coefficient (Wildman–Crippen LogP) is 4.20. The fourth-order valence-corrected chi connectivity index (χ4v) is 2.84. The van der Waals surface area contributed by atoms with Crippen LogP contribution in [0.15, 0.2) is 85.3 Å². The number of benzene rings is 2. The minimum Gasteiger partial charge on any atom is -0.497 e. The van der Waals surface area contributed by atoms with E-state index in [0.29, 0.717) is 16.9 Å². The summed E-state index contributed by atoms with van der Waals surface area (Å²) in [6.07, 6.45) is 5.12. The van der Waals surface area contributed by atoms with Gasteiger partial charge >= 0.3 is 0 Å². The van der Waals surface area contributed by atoms with Crippen LogP contribution in [-0.4, -0.2) is 27.8 Å². The number of nitrogens with zero attached hydrogens (tertiary/aromatic N) is 3. The van der Waals surface area contributed by atoms with Crippen LogP contribution in [0.5, 0.6) is 5.75 Å². The van der Waals surface area contributed by atoms with Gasteiger partial charge in [0.05, 0.1) is 18.4 Å². The molecule has 1 N–H and O–H groups in total. The Morgan fingerprint density at radius 1 is 1.00 bits per heavy atom. The fraction of sp³-hybridized carbons (Fsp3) is 0.0455. The first-order chi connectivity index (χ1) is 13.7. The Morgan fingerprint density at radius 2 is 1.79 bits per heavy atom. The number of pyridine rings is 1. The molecule has 0 atom stereocenters. The van der Waals surface area contributed by atoms with E-state index in [2.05, 4.69) is 15.4 Å². The molecule has 0 unspecified atom stereocenters. The maximum absolute atomic E-state index is 13.0. The number of anilines is 1. The van der Waals surface area contributed by atoms with Crippen LogP contribution >= 0.6 is 0 Å². The molecule has 6 nitrogen and oxygen atoms in total. The van der Waals surface area contributed by atoms with Gasteiger partial charge < -0.3 is 10.1 Å². The first-order valence-electron chi connectivity index (χ1n) is 8.75. The van der Waals surface area contributed by atoms with Gasteiger partial charge in [-0.2, -0.15) is 5.10 Å². The second kappa shape index (κ2) is 7.75. The number of hydrogen-bond donors (Lipinski definition) is 1. The first kappa shape index (κ1) is 17.5. The zero-order valence-electron chi connectivity index (χ0n) is 15.2. The molecule has 0 saturated carbocycles. The lowest BCUT2D eigenvalue weighted by molar-refractivity contribution is 0.102. The van der Waals surface area contributed by atoms with Gasteiger partial charge in [-0.25, -0.2) is 4.68 Å². The summed E-state index contributed by atoms with van der Waals surface area (Å²) in [5.41, 5.74) is 3.36. The number of amides is 1. The second-order valence-electron chi connectivity index (χ2n) is 6.10. The lowest BCUT2D eigenvalue weighted by Gasteiger charge is -2.06. The van der Waals surface area contributed by atoms with Crippen molar-refractivity contribution in [3.63, 3.8) is 0 Å². The highest BCUT2D eigenvalue weighted by molar-refractivity contribution is 6.08. The zero-order chi connectivity index (χ0) is 19.3. The lowest BCUT2D eigenvalue weighted by Crippen LogP contribution is -2.12. The Hall–Kier alpha value is -3.93. The molecule has 6 heteroatoms. The normalized spacial score (nSPS) is 10.5. The summed E-state index contributed by atoms with van der Waals surface area (Å²) in [6.45, 7) is 0. The van der Waals surface area contributed by atoms with Crippen molar-refractivity contribution < 1.29 is 9.53 Å². The van der Waals surface area contributed by atoms with Crippen molar-refractivity contribution in [1.29, 1.82) is 0 Å². The highest BCUT2D eigenvalue weighted by Gasteiger charge is 2.19. The molecule has 0 aliphatic heterocycles. The van der Waals surface area contributed by atoms with E-state index in [0.717, 1.165) is 17.0 Å². The van der Waals surface area contributed by atoms with Gasteiger partial charge in [0, 0.05) is 29.8 Å². The van der Waals surface area contributed by atoms with E-state index >= 15 is 0 Å². The number of para-hydroxylation sites is 1. The molecule has 2 aromatic heterocycles. The third-order valence-corrected chi connectivity index (χ3v) is 4.26. The molecule has 0 radical (unpaired) electrons. The van der Waals surface area contributed by atoms with E-state index in [1.165, 1.54) is 0 Å². The number of nitrogens with one attached hydrogen (secondary N) is 1. The van der Waals surface area contributed by atoms with Gasteiger partial charge in [-0.3, -0.25) is 9.78 Å². The van der Waals surface area contributed by atoms with Crippen molar-refractivity contribution in [3.05, 3.63) is 90.9 Å². The number of rotatable bonds is 5. The van der Waals surface area contributed by atoms with E-state index in [9.17, 15) is 4.79 Å². The van der Waals surface area contributed by atoms with Crippen LogP contribution < -0.4 is 10.1 Å². The summed E-state index contributed by atoms with van der Waals surface area (Å²) in [4.78, 5) is 17.1.